The number of rotatable bonds is 1. The van der Waals surface area contributed by atoms with Crippen molar-refractivity contribution < 1.29 is 0 Å². The maximum atomic E-state index is 5.69. The summed E-state index contributed by atoms with van der Waals surface area (Å²) >= 11 is 0. The van der Waals surface area contributed by atoms with E-state index in [0.717, 1.165) is 30.5 Å². The third-order valence-corrected chi connectivity index (χ3v) is 4.05. The van der Waals surface area contributed by atoms with Gasteiger partial charge in [0.2, 0.25) is 0 Å². The number of anilines is 2. The van der Waals surface area contributed by atoms with Gasteiger partial charge in [0.1, 0.15) is 5.82 Å². The van der Waals surface area contributed by atoms with E-state index in [0.29, 0.717) is 5.41 Å². The molecule has 2 rings (SSSR count). The third-order valence-electron chi connectivity index (χ3n) is 4.05. The standard InChI is InChI=1S/C15H25N3/c1-15(2,3)12-5-4-9-18(10-8-12)14-7-6-13(16)11-17-14/h6-7,11-12H,4-5,8-10,16H2,1-3H3. The van der Waals surface area contributed by atoms with E-state index < -0.39 is 0 Å². The minimum absolute atomic E-state index is 0.421. The average molecular weight is 247 g/mol. The Morgan fingerprint density at radius 3 is 2.61 bits per heavy atom. The summed E-state index contributed by atoms with van der Waals surface area (Å²) in [5.41, 5.74) is 6.84. The van der Waals surface area contributed by atoms with Crippen molar-refractivity contribution in [1.29, 1.82) is 0 Å². The number of aromatic nitrogens is 1. The Morgan fingerprint density at radius 2 is 2.00 bits per heavy atom. The first-order valence-electron chi connectivity index (χ1n) is 6.93. The lowest BCUT2D eigenvalue weighted by molar-refractivity contribution is 0.220. The highest BCUT2D eigenvalue weighted by Gasteiger charge is 2.27. The molecule has 1 atom stereocenters. The SMILES string of the molecule is CC(C)(C)C1CCCN(c2ccc(N)cn2)CC1. The molecular formula is C15H25N3. The minimum atomic E-state index is 0.421. The van der Waals surface area contributed by atoms with Crippen molar-refractivity contribution in [3.8, 4) is 0 Å². The fourth-order valence-electron chi connectivity index (χ4n) is 2.78. The molecule has 0 saturated carbocycles. The molecule has 3 heteroatoms. The van der Waals surface area contributed by atoms with Crippen molar-refractivity contribution >= 4 is 11.5 Å². The lowest BCUT2D eigenvalue weighted by Gasteiger charge is -2.29. The van der Waals surface area contributed by atoms with Crippen molar-refractivity contribution in [2.24, 2.45) is 11.3 Å². The molecule has 1 aromatic rings. The van der Waals surface area contributed by atoms with E-state index in [1.165, 1.54) is 19.3 Å². The van der Waals surface area contributed by atoms with Crippen LogP contribution < -0.4 is 10.6 Å². The minimum Gasteiger partial charge on any atom is -0.397 e. The summed E-state index contributed by atoms with van der Waals surface area (Å²) < 4.78 is 0. The van der Waals surface area contributed by atoms with Crippen LogP contribution in [0, 0.1) is 11.3 Å². The van der Waals surface area contributed by atoms with Crippen molar-refractivity contribution in [1.82, 2.24) is 4.98 Å². The number of nitrogen functional groups attached to an aromatic ring is 1. The molecule has 1 saturated heterocycles. The van der Waals surface area contributed by atoms with E-state index in [-0.39, 0.29) is 0 Å². The first-order chi connectivity index (χ1) is 8.47. The maximum Gasteiger partial charge on any atom is 0.128 e. The second-order valence-electron chi connectivity index (χ2n) is 6.43. The normalized spacial score (nSPS) is 21.7. The molecule has 1 aromatic heterocycles. The Hall–Kier alpha value is -1.25. The zero-order chi connectivity index (χ0) is 13.2. The van der Waals surface area contributed by atoms with Gasteiger partial charge >= 0.3 is 0 Å². The number of pyridine rings is 1. The van der Waals surface area contributed by atoms with E-state index in [4.69, 9.17) is 5.73 Å². The molecule has 1 aliphatic heterocycles. The fourth-order valence-corrected chi connectivity index (χ4v) is 2.78. The van der Waals surface area contributed by atoms with Crippen LogP contribution >= 0.6 is 0 Å². The molecule has 1 aliphatic rings. The predicted molar refractivity (Wildman–Crippen MR) is 77.7 cm³/mol. The molecule has 0 aliphatic carbocycles. The first kappa shape index (κ1) is 13.2. The molecule has 1 unspecified atom stereocenters. The zero-order valence-electron chi connectivity index (χ0n) is 11.8. The van der Waals surface area contributed by atoms with Gasteiger partial charge in [-0.05, 0) is 42.7 Å². The number of hydrogen-bond acceptors (Lipinski definition) is 3. The Labute approximate surface area is 110 Å². The van der Waals surface area contributed by atoms with Crippen molar-refractivity contribution in [2.45, 2.75) is 40.0 Å². The van der Waals surface area contributed by atoms with Gasteiger partial charge < -0.3 is 10.6 Å². The summed E-state index contributed by atoms with van der Waals surface area (Å²) in [6.45, 7) is 9.29. The summed E-state index contributed by atoms with van der Waals surface area (Å²) in [6, 6.07) is 3.97. The van der Waals surface area contributed by atoms with Crippen LogP contribution in [0.1, 0.15) is 40.0 Å². The van der Waals surface area contributed by atoms with E-state index >= 15 is 0 Å². The van der Waals surface area contributed by atoms with Crippen LogP contribution in [-0.4, -0.2) is 18.1 Å². The van der Waals surface area contributed by atoms with Gasteiger partial charge in [-0.3, -0.25) is 0 Å². The van der Waals surface area contributed by atoms with Gasteiger partial charge in [0, 0.05) is 13.1 Å². The summed E-state index contributed by atoms with van der Waals surface area (Å²) in [5.74, 6) is 1.88. The molecule has 18 heavy (non-hydrogen) atoms. The van der Waals surface area contributed by atoms with Gasteiger partial charge in [-0.15, -0.1) is 0 Å². The van der Waals surface area contributed by atoms with Crippen LogP contribution in [0.4, 0.5) is 11.5 Å². The van der Waals surface area contributed by atoms with Crippen LogP contribution in [0.2, 0.25) is 0 Å². The molecule has 0 spiro atoms. The lowest BCUT2D eigenvalue weighted by atomic mass is 9.77. The Kier molecular flexibility index (Phi) is 3.79. The zero-order valence-corrected chi connectivity index (χ0v) is 11.8. The number of nitrogens with two attached hydrogens (primary N) is 1. The van der Waals surface area contributed by atoms with E-state index in [2.05, 4.69) is 30.7 Å². The highest BCUT2D eigenvalue weighted by Crippen LogP contribution is 2.34. The van der Waals surface area contributed by atoms with Gasteiger partial charge in [-0.1, -0.05) is 20.8 Å². The molecule has 2 heterocycles. The van der Waals surface area contributed by atoms with Crippen LogP contribution in [-0.2, 0) is 0 Å². The second-order valence-corrected chi connectivity index (χ2v) is 6.43. The molecule has 2 N–H and O–H groups in total. The van der Waals surface area contributed by atoms with Gasteiger partial charge in [-0.25, -0.2) is 4.98 Å². The molecule has 3 nitrogen and oxygen atoms in total. The molecule has 100 valence electrons. The third kappa shape index (κ3) is 3.15. The average Bonchev–Trinajstić information content (AvgIpc) is 2.55. The van der Waals surface area contributed by atoms with Gasteiger partial charge in [0.15, 0.2) is 0 Å². The van der Waals surface area contributed by atoms with Crippen molar-refractivity contribution in [3.05, 3.63) is 18.3 Å². The summed E-state index contributed by atoms with van der Waals surface area (Å²) in [6.07, 6.45) is 5.60. The molecule has 1 fully saturated rings. The topological polar surface area (TPSA) is 42.1 Å². The molecular weight excluding hydrogens is 222 g/mol. The van der Waals surface area contributed by atoms with Crippen molar-refractivity contribution in [3.63, 3.8) is 0 Å². The molecule has 0 aromatic carbocycles. The monoisotopic (exact) mass is 247 g/mol. The van der Waals surface area contributed by atoms with Gasteiger partial charge in [-0.2, -0.15) is 0 Å². The van der Waals surface area contributed by atoms with Crippen LogP contribution in [0.15, 0.2) is 18.3 Å². The largest absolute Gasteiger partial charge is 0.397 e. The van der Waals surface area contributed by atoms with Gasteiger partial charge in [0.25, 0.3) is 0 Å². The fraction of sp³-hybridized carbons (Fsp3) is 0.667. The molecule has 0 bridgehead atoms. The lowest BCUT2D eigenvalue weighted by Crippen LogP contribution is -2.26. The highest BCUT2D eigenvalue weighted by atomic mass is 15.2. The van der Waals surface area contributed by atoms with Crippen molar-refractivity contribution in [2.75, 3.05) is 23.7 Å². The molecule has 0 amide bonds. The smallest absolute Gasteiger partial charge is 0.128 e. The number of nitrogens with zero attached hydrogens (tertiary/aromatic N) is 2. The van der Waals surface area contributed by atoms with E-state index in [1.54, 1.807) is 6.20 Å². The highest BCUT2D eigenvalue weighted by molar-refractivity contribution is 5.45. The number of hydrogen-bond donors (Lipinski definition) is 1. The first-order valence-corrected chi connectivity index (χ1v) is 6.93. The summed E-state index contributed by atoms with van der Waals surface area (Å²) in [5, 5.41) is 0. The maximum absolute atomic E-state index is 5.69. The van der Waals surface area contributed by atoms with Crippen LogP contribution in [0.3, 0.4) is 0 Å². The Morgan fingerprint density at radius 1 is 1.22 bits per heavy atom. The van der Waals surface area contributed by atoms with Crippen LogP contribution in [0.5, 0.6) is 0 Å². The van der Waals surface area contributed by atoms with E-state index in [9.17, 15) is 0 Å². The Balaban J connectivity index is 2.03. The summed E-state index contributed by atoms with van der Waals surface area (Å²) in [7, 11) is 0. The second kappa shape index (κ2) is 5.17. The predicted octanol–water partition coefficient (Wildman–Crippen LogP) is 3.32. The summed E-state index contributed by atoms with van der Waals surface area (Å²) in [4.78, 5) is 6.83. The molecule has 0 radical (unpaired) electrons. The van der Waals surface area contributed by atoms with Crippen LogP contribution in [0.25, 0.3) is 0 Å². The van der Waals surface area contributed by atoms with Gasteiger partial charge in [0.05, 0.1) is 11.9 Å². The Bertz CT molecular complexity index is 378. The van der Waals surface area contributed by atoms with E-state index in [1.807, 2.05) is 12.1 Å². The quantitative estimate of drug-likeness (QED) is 0.827.